The maximum absolute atomic E-state index is 11.4. The quantitative estimate of drug-likeness (QED) is 0.911. The first-order chi connectivity index (χ1) is 10.1. The normalized spacial score (nSPS) is 10.6. The van der Waals surface area contributed by atoms with Crippen molar-refractivity contribution >= 4 is 5.97 Å². The van der Waals surface area contributed by atoms with Gasteiger partial charge in [0.15, 0.2) is 0 Å². The van der Waals surface area contributed by atoms with Gasteiger partial charge in [-0.05, 0) is 25.0 Å². The molecule has 0 fully saturated rings. The Labute approximate surface area is 123 Å². The lowest BCUT2D eigenvalue weighted by molar-refractivity contribution is 0.0697. The third kappa shape index (κ3) is 2.95. The topological polar surface area (TPSA) is 78.9 Å². The van der Waals surface area contributed by atoms with Crippen molar-refractivity contribution < 1.29 is 9.90 Å². The predicted molar refractivity (Wildman–Crippen MR) is 79.0 cm³/mol. The predicted octanol–water partition coefficient (Wildman–Crippen LogP) is 3.48. The summed E-state index contributed by atoms with van der Waals surface area (Å²) in [4.78, 5) is 11.4. The zero-order chi connectivity index (χ0) is 15.4. The SMILES string of the molecule is CCC(CC)n1cc(C(=O)O)c(-c2cccc(C#N)c2)n1. The van der Waals surface area contributed by atoms with Gasteiger partial charge in [0.25, 0.3) is 0 Å². The fourth-order valence-electron chi connectivity index (χ4n) is 2.35. The van der Waals surface area contributed by atoms with Crippen LogP contribution in [0.1, 0.15) is 48.7 Å². The van der Waals surface area contributed by atoms with Gasteiger partial charge in [0.05, 0.1) is 17.7 Å². The Balaban J connectivity index is 2.56. The number of nitriles is 1. The molecular weight excluding hydrogens is 266 g/mol. The first-order valence-electron chi connectivity index (χ1n) is 6.93. The molecule has 0 bridgehead atoms. The van der Waals surface area contributed by atoms with Crippen molar-refractivity contribution in [3.8, 4) is 17.3 Å². The average Bonchev–Trinajstić information content (AvgIpc) is 2.94. The highest BCUT2D eigenvalue weighted by molar-refractivity contribution is 5.94. The molecule has 1 N–H and O–H groups in total. The van der Waals surface area contributed by atoms with Crippen LogP contribution in [0.5, 0.6) is 0 Å². The second-order valence-electron chi connectivity index (χ2n) is 4.84. The highest BCUT2D eigenvalue weighted by Crippen LogP contribution is 2.26. The molecule has 1 heterocycles. The summed E-state index contributed by atoms with van der Waals surface area (Å²) in [6.45, 7) is 4.10. The number of hydrogen-bond acceptors (Lipinski definition) is 3. The number of aromatic nitrogens is 2. The molecule has 1 aromatic carbocycles. The number of hydrogen-bond donors (Lipinski definition) is 1. The fourth-order valence-corrected chi connectivity index (χ4v) is 2.35. The van der Waals surface area contributed by atoms with E-state index in [0.717, 1.165) is 12.8 Å². The number of carboxylic acids is 1. The van der Waals surface area contributed by atoms with E-state index >= 15 is 0 Å². The van der Waals surface area contributed by atoms with Crippen molar-refractivity contribution in [1.29, 1.82) is 5.26 Å². The highest BCUT2D eigenvalue weighted by Gasteiger charge is 2.19. The average molecular weight is 283 g/mol. The smallest absolute Gasteiger partial charge is 0.339 e. The van der Waals surface area contributed by atoms with Crippen LogP contribution in [0.3, 0.4) is 0 Å². The van der Waals surface area contributed by atoms with Gasteiger partial charge >= 0.3 is 5.97 Å². The fraction of sp³-hybridized carbons (Fsp3) is 0.312. The van der Waals surface area contributed by atoms with Crippen molar-refractivity contribution in [2.45, 2.75) is 32.7 Å². The van der Waals surface area contributed by atoms with Crippen LogP contribution in [-0.2, 0) is 0 Å². The van der Waals surface area contributed by atoms with E-state index in [0.29, 0.717) is 16.8 Å². The first kappa shape index (κ1) is 14.8. The molecule has 0 radical (unpaired) electrons. The number of rotatable bonds is 5. The highest BCUT2D eigenvalue weighted by atomic mass is 16.4. The molecule has 5 nitrogen and oxygen atoms in total. The van der Waals surface area contributed by atoms with Crippen LogP contribution in [0.2, 0.25) is 0 Å². The lowest BCUT2D eigenvalue weighted by atomic mass is 10.1. The van der Waals surface area contributed by atoms with Crippen LogP contribution < -0.4 is 0 Å². The first-order valence-corrected chi connectivity index (χ1v) is 6.93. The minimum absolute atomic E-state index is 0.164. The molecule has 0 aliphatic rings. The Bertz CT molecular complexity index is 694. The zero-order valence-electron chi connectivity index (χ0n) is 12.1. The molecule has 0 unspecified atom stereocenters. The zero-order valence-corrected chi connectivity index (χ0v) is 12.1. The van der Waals surface area contributed by atoms with Crippen molar-refractivity contribution in [3.63, 3.8) is 0 Å². The van der Waals surface area contributed by atoms with Gasteiger partial charge in [-0.3, -0.25) is 4.68 Å². The van der Waals surface area contributed by atoms with Crippen LogP contribution in [0.25, 0.3) is 11.3 Å². The molecule has 2 rings (SSSR count). The van der Waals surface area contributed by atoms with Gasteiger partial charge in [0.2, 0.25) is 0 Å². The van der Waals surface area contributed by atoms with E-state index in [4.69, 9.17) is 5.26 Å². The van der Waals surface area contributed by atoms with Crippen LogP contribution in [0.4, 0.5) is 0 Å². The Hall–Kier alpha value is -2.61. The largest absolute Gasteiger partial charge is 0.478 e. The van der Waals surface area contributed by atoms with E-state index < -0.39 is 5.97 Å². The Morgan fingerprint density at radius 3 is 2.71 bits per heavy atom. The molecule has 108 valence electrons. The van der Waals surface area contributed by atoms with Crippen LogP contribution in [0, 0.1) is 11.3 Å². The van der Waals surface area contributed by atoms with Gasteiger partial charge in [0, 0.05) is 11.8 Å². The Morgan fingerprint density at radius 2 is 2.14 bits per heavy atom. The van der Waals surface area contributed by atoms with Gasteiger partial charge in [-0.2, -0.15) is 10.4 Å². The van der Waals surface area contributed by atoms with E-state index in [1.54, 1.807) is 35.1 Å². The molecule has 5 heteroatoms. The van der Waals surface area contributed by atoms with Crippen LogP contribution in [0.15, 0.2) is 30.5 Å². The molecule has 0 aliphatic heterocycles. The summed E-state index contributed by atoms with van der Waals surface area (Å²) in [7, 11) is 0. The van der Waals surface area contributed by atoms with Gasteiger partial charge in [0.1, 0.15) is 11.3 Å². The molecule has 0 amide bonds. The minimum Gasteiger partial charge on any atom is -0.478 e. The molecule has 0 spiro atoms. The molecule has 2 aromatic rings. The number of aromatic carboxylic acids is 1. The number of nitrogens with zero attached hydrogens (tertiary/aromatic N) is 3. The molecule has 0 saturated carbocycles. The van der Waals surface area contributed by atoms with E-state index in [1.165, 1.54) is 0 Å². The molecule has 0 aliphatic carbocycles. The lowest BCUT2D eigenvalue weighted by Gasteiger charge is -2.12. The summed E-state index contributed by atoms with van der Waals surface area (Å²) in [5, 5.41) is 22.8. The molecule has 1 aromatic heterocycles. The van der Waals surface area contributed by atoms with E-state index in [9.17, 15) is 9.90 Å². The summed E-state index contributed by atoms with van der Waals surface area (Å²) in [5.74, 6) is -1.01. The Morgan fingerprint density at radius 1 is 1.43 bits per heavy atom. The molecule has 0 saturated heterocycles. The Kier molecular flexibility index (Phi) is 4.39. The molecular formula is C16H17N3O2. The van der Waals surface area contributed by atoms with Crippen molar-refractivity contribution in [3.05, 3.63) is 41.6 Å². The molecule has 21 heavy (non-hydrogen) atoms. The molecule has 0 atom stereocenters. The van der Waals surface area contributed by atoms with Crippen LogP contribution in [-0.4, -0.2) is 20.9 Å². The van der Waals surface area contributed by atoms with E-state index in [-0.39, 0.29) is 11.6 Å². The maximum Gasteiger partial charge on any atom is 0.339 e. The minimum atomic E-state index is -1.01. The summed E-state index contributed by atoms with van der Waals surface area (Å²) < 4.78 is 1.72. The number of carboxylic acid groups (broad SMARTS) is 1. The number of benzene rings is 1. The van der Waals surface area contributed by atoms with Gasteiger partial charge in [-0.15, -0.1) is 0 Å². The third-order valence-electron chi connectivity index (χ3n) is 3.54. The monoisotopic (exact) mass is 283 g/mol. The van der Waals surface area contributed by atoms with Gasteiger partial charge in [-0.1, -0.05) is 26.0 Å². The van der Waals surface area contributed by atoms with Crippen molar-refractivity contribution in [2.24, 2.45) is 0 Å². The standard InChI is InChI=1S/C16H17N3O2/c1-3-13(4-2)19-10-14(16(20)21)15(18-19)12-7-5-6-11(8-12)9-17/h5-8,10,13H,3-4H2,1-2H3,(H,20,21). The van der Waals surface area contributed by atoms with Crippen molar-refractivity contribution in [2.75, 3.05) is 0 Å². The lowest BCUT2D eigenvalue weighted by Crippen LogP contribution is -2.07. The van der Waals surface area contributed by atoms with Gasteiger partial charge < -0.3 is 5.11 Å². The summed E-state index contributed by atoms with van der Waals surface area (Å²) in [6.07, 6.45) is 3.35. The second-order valence-corrected chi connectivity index (χ2v) is 4.84. The van der Waals surface area contributed by atoms with Gasteiger partial charge in [-0.25, -0.2) is 4.79 Å². The summed E-state index contributed by atoms with van der Waals surface area (Å²) in [6, 6.07) is 9.08. The number of carbonyl (C=O) groups is 1. The maximum atomic E-state index is 11.4. The van der Waals surface area contributed by atoms with E-state index in [2.05, 4.69) is 11.2 Å². The second kappa shape index (κ2) is 6.23. The van der Waals surface area contributed by atoms with E-state index in [1.807, 2.05) is 13.8 Å². The van der Waals surface area contributed by atoms with Crippen LogP contribution >= 0.6 is 0 Å². The summed E-state index contributed by atoms with van der Waals surface area (Å²) in [5.41, 5.74) is 1.71. The third-order valence-corrected chi connectivity index (χ3v) is 3.54. The summed E-state index contributed by atoms with van der Waals surface area (Å²) >= 11 is 0. The van der Waals surface area contributed by atoms with Crippen molar-refractivity contribution in [1.82, 2.24) is 9.78 Å².